The SMILES string of the molecule is Cc1cc(C)c([N+](=O)[O-])cc1OCC1(CS)CC1. The van der Waals surface area contributed by atoms with Gasteiger partial charge in [0, 0.05) is 11.0 Å². The number of nitrogens with zero attached hydrogens (tertiary/aromatic N) is 1. The van der Waals surface area contributed by atoms with Crippen LogP contribution in [-0.2, 0) is 0 Å². The van der Waals surface area contributed by atoms with E-state index < -0.39 is 0 Å². The van der Waals surface area contributed by atoms with Gasteiger partial charge < -0.3 is 4.74 Å². The molecule has 0 heterocycles. The van der Waals surface area contributed by atoms with E-state index in [-0.39, 0.29) is 16.0 Å². The van der Waals surface area contributed by atoms with Crippen LogP contribution in [-0.4, -0.2) is 17.3 Å². The van der Waals surface area contributed by atoms with Gasteiger partial charge in [-0.3, -0.25) is 10.1 Å². The maximum Gasteiger partial charge on any atom is 0.276 e. The van der Waals surface area contributed by atoms with Gasteiger partial charge in [0.15, 0.2) is 0 Å². The predicted molar refractivity (Wildman–Crippen MR) is 73.6 cm³/mol. The average Bonchev–Trinajstić information content (AvgIpc) is 3.08. The van der Waals surface area contributed by atoms with Crippen molar-refractivity contribution in [1.29, 1.82) is 0 Å². The molecule has 1 aliphatic rings. The highest BCUT2D eigenvalue weighted by atomic mass is 32.1. The number of nitro benzene ring substituents is 1. The van der Waals surface area contributed by atoms with E-state index in [1.54, 1.807) is 13.0 Å². The zero-order valence-electron chi connectivity index (χ0n) is 10.6. The first-order valence-electron chi connectivity index (χ1n) is 5.97. The van der Waals surface area contributed by atoms with Crippen molar-refractivity contribution >= 4 is 18.3 Å². The number of hydrogen-bond donors (Lipinski definition) is 1. The molecule has 0 unspecified atom stereocenters. The van der Waals surface area contributed by atoms with E-state index in [4.69, 9.17) is 4.74 Å². The number of thiol groups is 1. The summed E-state index contributed by atoms with van der Waals surface area (Å²) in [6.07, 6.45) is 2.26. The first-order valence-corrected chi connectivity index (χ1v) is 6.60. The maximum atomic E-state index is 10.9. The van der Waals surface area contributed by atoms with Crippen molar-refractivity contribution in [3.05, 3.63) is 33.4 Å². The Morgan fingerprint density at radius 3 is 2.56 bits per heavy atom. The minimum atomic E-state index is -0.368. The van der Waals surface area contributed by atoms with E-state index in [0.717, 1.165) is 24.2 Å². The molecule has 0 N–H and O–H groups in total. The summed E-state index contributed by atoms with van der Waals surface area (Å²) in [5.41, 5.74) is 1.91. The summed E-state index contributed by atoms with van der Waals surface area (Å²) < 4.78 is 5.75. The molecule has 1 saturated carbocycles. The lowest BCUT2D eigenvalue weighted by Gasteiger charge is -2.15. The highest BCUT2D eigenvalue weighted by molar-refractivity contribution is 7.80. The Labute approximate surface area is 112 Å². The first kappa shape index (κ1) is 13.2. The lowest BCUT2D eigenvalue weighted by molar-refractivity contribution is -0.385. The third-order valence-electron chi connectivity index (χ3n) is 3.52. The molecule has 0 spiro atoms. The van der Waals surface area contributed by atoms with Gasteiger partial charge in [0.1, 0.15) is 5.75 Å². The number of nitro groups is 1. The minimum absolute atomic E-state index is 0.117. The van der Waals surface area contributed by atoms with Crippen LogP contribution in [0.5, 0.6) is 5.75 Å². The van der Waals surface area contributed by atoms with E-state index in [0.29, 0.717) is 17.9 Å². The molecule has 0 aromatic heterocycles. The molecule has 98 valence electrons. The summed E-state index contributed by atoms with van der Waals surface area (Å²) in [4.78, 5) is 10.5. The molecule has 0 aliphatic heterocycles. The van der Waals surface area contributed by atoms with Gasteiger partial charge in [-0.2, -0.15) is 12.6 Å². The minimum Gasteiger partial charge on any atom is -0.492 e. The summed E-state index contributed by atoms with van der Waals surface area (Å²) in [7, 11) is 0. The summed E-state index contributed by atoms with van der Waals surface area (Å²) in [5, 5.41) is 10.9. The van der Waals surface area contributed by atoms with E-state index in [1.165, 1.54) is 6.07 Å². The van der Waals surface area contributed by atoms with Gasteiger partial charge >= 0.3 is 0 Å². The van der Waals surface area contributed by atoms with E-state index >= 15 is 0 Å². The van der Waals surface area contributed by atoms with Crippen LogP contribution in [0.15, 0.2) is 12.1 Å². The van der Waals surface area contributed by atoms with Gasteiger partial charge in [0.05, 0.1) is 17.6 Å². The fourth-order valence-corrected chi connectivity index (χ4v) is 2.34. The molecule has 0 atom stereocenters. The molecular weight excluding hydrogens is 250 g/mol. The zero-order chi connectivity index (χ0) is 13.3. The fraction of sp³-hybridized carbons (Fsp3) is 0.538. The van der Waals surface area contributed by atoms with Crippen LogP contribution in [0.3, 0.4) is 0 Å². The molecule has 5 heteroatoms. The van der Waals surface area contributed by atoms with Crippen molar-refractivity contribution in [3.63, 3.8) is 0 Å². The second-order valence-corrected chi connectivity index (χ2v) is 5.42. The number of aryl methyl sites for hydroxylation is 2. The van der Waals surface area contributed by atoms with E-state index in [2.05, 4.69) is 12.6 Å². The lowest BCUT2D eigenvalue weighted by atomic mass is 10.1. The number of rotatable bonds is 5. The predicted octanol–water partition coefficient (Wildman–Crippen LogP) is 3.30. The van der Waals surface area contributed by atoms with E-state index in [1.807, 2.05) is 6.92 Å². The van der Waals surface area contributed by atoms with Crippen LogP contribution < -0.4 is 4.74 Å². The second-order valence-electron chi connectivity index (χ2n) is 5.11. The highest BCUT2D eigenvalue weighted by Gasteiger charge is 2.42. The maximum absolute atomic E-state index is 10.9. The highest BCUT2D eigenvalue weighted by Crippen LogP contribution is 2.47. The standard InChI is InChI=1S/C13H17NO3S/c1-9-5-10(2)12(6-11(9)14(15)16)17-7-13(8-18)3-4-13/h5-6,18H,3-4,7-8H2,1-2H3. The normalized spacial score (nSPS) is 16.4. The molecule has 2 rings (SSSR count). The second kappa shape index (κ2) is 4.80. The quantitative estimate of drug-likeness (QED) is 0.506. The van der Waals surface area contributed by atoms with Crippen LogP contribution in [0.4, 0.5) is 5.69 Å². The molecule has 1 aliphatic carbocycles. The molecule has 18 heavy (non-hydrogen) atoms. The number of ether oxygens (including phenoxy) is 1. The number of benzene rings is 1. The molecule has 1 aromatic rings. The van der Waals surface area contributed by atoms with Crippen molar-refractivity contribution in [3.8, 4) is 5.75 Å². The van der Waals surface area contributed by atoms with Gasteiger partial charge in [-0.05, 0) is 44.1 Å². The van der Waals surface area contributed by atoms with Crippen molar-refractivity contribution in [2.24, 2.45) is 5.41 Å². The largest absolute Gasteiger partial charge is 0.492 e. The Morgan fingerprint density at radius 1 is 1.39 bits per heavy atom. The Morgan fingerprint density at radius 2 is 2.06 bits per heavy atom. The van der Waals surface area contributed by atoms with Gasteiger partial charge in [0.2, 0.25) is 0 Å². The third kappa shape index (κ3) is 2.61. The third-order valence-corrected chi connectivity index (χ3v) is 4.19. The summed E-state index contributed by atoms with van der Waals surface area (Å²) in [5.74, 6) is 1.42. The van der Waals surface area contributed by atoms with Crippen molar-refractivity contribution < 1.29 is 9.66 Å². The van der Waals surface area contributed by atoms with E-state index in [9.17, 15) is 10.1 Å². The summed E-state index contributed by atoms with van der Waals surface area (Å²) in [6.45, 7) is 4.24. The Hall–Kier alpha value is -1.23. The molecule has 1 fully saturated rings. The Balaban J connectivity index is 2.17. The van der Waals surface area contributed by atoms with Crippen LogP contribution in [0.2, 0.25) is 0 Å². The van der Waals surface area contributed by atoms with Crippen molar-refractivity contribution in [1.82, 2.24) is 0 Å². The van der Waals surface area contributed by atoms with Gasteiger partial charge in [-0.1, -0.05) is 0 Å². The monoisotopic (exact) mass is 267 g/mol. The topological polar surface area (TPSA) is 52.4 Å². The van der Waals surface area contributed by atoms with Crippen LogP contribution >= 0.6 is 12.6 Å². The van der Waals surface area contributed by atoms with Crippen LogP contribution in [0.25, 0.3) is 0 Å². The molecule has 0 saturated heterocycles. The zero-order valence-corrected chi connectivity index (χ0v) is 11.5. The van der Waals surface area contributed by atoms with Gasteiger partial charge in [-0.15, -0.1) is 0 Å². The Bertz CT molecular complexity index is 483. The van der Waals surface area contributed by atoms with Gasteiger partial charge in [0.25, 0.3) is 5.69 Å². The fourth-order valence-electron chi connectivity index (χ4n) is 1.93. The Kier molecular flexibility index (Phi) is 3.52. The first-order chi connectivity index (χ1) is 8.47. The molecule has 0 amide bonds. The van der Waals surface area contributed by atoms with Crippen LogP contribution in [0, 0.1) is 29.4 Å². The van der Waals surface area contributed by atoms with Gasteiger partial charge in [-0.25, -0.2) is 0 Å². The summed E-state index contributed by atoms with van der Waals surface area (Å²) >= 11 is 4.32. The lowest BCUT2D eigenvalue weighted by Crippen LogP contribution is -2.15. The molecule has 0 radical (unpaired) electrons. The molecule has 0 bridgehead atoms. The number of hydrogen-bond acceptors (Lipinski definition) is 4. The molecule has 4 nitrogen and oxygen atoms in total. The van der Waals surface area contributed by atoms with Crippen molar-refractivity contribution in [2.45, 2.75) is 26.7 Å². The smallest absolute Gasteiger partial charge is 0.276 e. The van der Waals surface area contributed by atoms with Crippen molar-refractivity contribution in [2.75, 3.05) is 12.4 Å². The average molecular weight is 267 g/mol. The van der Waals surface area contributed by atoms with Crippen LogP contribution in [0.1, 0.15) is 24.0 Å². The molecular formula is C13H17NO3S. The summed E-state index contributed by atoms with van der Waals surface area (Å²) in [6, 6.07) is 3.33. The molecule has 1 aromatic carbocycles.